The van der Waals surface area contributed by atoms with Crippen LogP contribution in [0.4, 0.5) is 0 Å². The van der Waals surface area contributed by atoms with Gasteiger partial charge in [0.2, 0.25) is 0 Å². The van der Waals surface area contributed by atoms with Gasteiger partial charge in [0.05, 0.1) is 12.2 Å². The van der Waals surface area contributed by atoms with Crippen LogP contribution in [0.3, 0.4) is 0 Å². The highest BCUT2D eigenvalue weighted by atomic mass is 32.1. The zero-order valence-corrected chi connectivity index (χ0v) is 11.4. The van der Waals surface area contributed by atoms with E-state index in [9.17, 15) is 4.79 Å². The highest BCUT2D eigenvalue weighted by molar-refractivity contribution is 7.14. The zero-order valence-electron chi connectivity index (χ0n) is 10.6. The van der Waals surface area contributed by atoms with Crippen LogP contribution in [0.15, 0.2) is 6.07 Å². The number of aryl methyl sites for hydroxylation is 1. The van der Waals surface area contributed by atoms with Gasteiger partial charge in [0.1, 0.15) is 12.4 Å². The molecule has 0 aromatic carbocycles. The molecule has 0 aliphatic heterocycles. The van der Waals surface area contributed by atoms with Gasteiger partial charge in [-0.05, 0) is 33.8 Å². The van der Waals surface area contributed by atoms with E-state index in [-0.39, 0.29) is 10.5 Å². The van der Waals surface area contributed by atoms with Gasteiger partial charge in [-0.3, -0.25) is 0 Å². The first-order valence-corrected chi connectivity index (χ1v) is 6.22. The monoisotopic (exact) mass is 258 g/mol. The Labute approximate surface area is 105 Å². The molecule has 0 atom stereocenters. The predicted octanol–water partition coefficient (Wildman–Crippen LogP) is 2.95. The molecular weight excluding hydrogens is 240 g/mol. The molecule has 0 amide bonds. The summed E-state index contributed by atoms with van der Waals surface area (Å²) in [6, 6.07) is 1.74. The molecule has 4 nitrogen and oxygen atoms in total. The molecule has 0 radical (unpaired) electrons. The van der Waals surface area contributed by atoms with Crippen LogP contribution in [0.25, 0.3) is 0 Å². The van der Waals surface area contributed by atoms with Crippen LogP contribution in [0, 0.1) is 6.92 Å². The topological polar surface area (TPSA) is 55.8 Å². The minimum absolute atomic E-state index is 0.205. The van der Waals surface area contributed by atoms with Gasteiger partial charge in [0.15, 0.2) is 4.88 Å². The Bertz CT molecular complexity index is 390. The van der Waals surface area contributed by atoms with Crippen LogP contribution in [0.2, 0.25) is 0 Å². The Morgan fingerprint density at radius 1 is 1.41 bits per heavy atom. The summed E-state index contributed by atoms with van der Waals surface area (Å²) in [5, 5.41) is 8.96. The number of hydrogen-bond donors (Lipinski definition) is 1. The summed E-state index contributed by atoms with van der Waals surface area (Å²) in [5.41, 5.74) is -0.205. The third-order valence-corrected chi connectivity index (χ3v) is 2.91. The van der Waals surface area contributed by atoms with E-state index in [1.807, 2.05) is 27.7 Å². The van der Waals surface area contributed by atoms with E-state index in [1.54, 1.807) is 6.07 Å². The van der Waals surface area contributed by atoms with Crippen LogP contribution in [0.5, 0.6) is 5.75 Å². The number of ether oxygens (including phenoxy) is 2. The van der Waals surface area contributed by atoms with Crippen molar-refractivity contribution in [2.75, 3.05) is 13.2 Å². The largest absolute Gasteiger partial charge is 0.489 e. The summed E-state index contributed by atoms with van der Waals surface area (Å²) in [4.78, 5) is 12.1. The Balaban J connectivity index is 2.49. The van der Waals surface area contributed by atoms with Gasteiger partial charge in [0, 0.05) is 4.88 Å². The van der Waals surface area contributed by atoms with Gasteiger partial charge in [-0.25, -0.2) is 4.79 Å². The molecule has 0 unspecified atom stereocenters. The van der Waals surface area contributed by atoms with Crippen LogP contribution in [-0.2, 0) is 4.74 Å². The fraction of sp³-hybridized carbons (Fsp3) is 0.583. The predicted molar refractivity (Wildman–Crippen MR) is 67.2 cm³/mol. The molecule has 0 bridgehead atoms. The summed E-state index contributed by atoms with van der Waals surface area (Å²) < 4.78 is 10.9. The Morgan fingerprint density at radius 3 is 2.59 bits per heavy atom. The van der Waals surface area contributed by atoms with Crippen LogP contribution in [-0.4, -0.2) is 29.9 Å². The number of rotatable bonds is 5. The van der Waals surface area contributed by atoms with Crippen LogP contribution in [0.1, 0.15) is 35.3 Å². The number of carboxylic acids is 1. The average molecular weight is 258 g/mol. The van der Waals surface area contributed by atoms with Crippen molar-refractivity contribution in [2.24, 2.45) is 0 Å². The molecule has 5 heteroatoms. The molecule has 1 heterocycles. The molecule has 1 aromatic rings. The summed E-state index contributed by atoms with van der Waals surface area (Å²) in [6.45, 7) is 8.54. The van der Waals surface area contributed by atoms with E-state index in [1.165, 1.54) is 11.3 Å². The molecule has 0 saturated heterocycles. The Kier molecular flexibility index (Phi) is 4.54. The Hall–Kier alpha value is -1.07. The van der Waals surface area contributed by atoms with Crippen molar-refractivity contribution in [2.45, 2.75) is 33.3 Å². The lowest BCUT2D eigenvalue weighted by molar-refractivity contribution is -0.0164. The molecule has 0 spiro atoms. The number of hydrogen-bond acceptors (Lipinski definition) is 4. The first kappa shape index (κ1) is 14.0. The van der Waals surface area contributed by atoms with Crippen molar-refractivity contribution in [1.29, 1.82) is 0 Å². The van der Waals surface area contributed by atoms with E-state index in [2.05, 4.69) is 0 Å². The normalized spacial score (nSPS) is 11.5. The molecule has 0 aliphatic rings. The maximum Gasteiger partial charge on any atom is 0.349 e. The lowest BCUT2D eigenvalue weighted by Gasteiger charge is -2.19. The molecule has 17 heavy (non-hydrogen) atoms. The van der Waals surface area contributed by atoms with Crippen molar-refractivity contribution in [3.8, 4) is 5.75 Å². The van der Waals surface area contributed by atoms with Gasteiger partial charge in [0.25, 0.3) is 0 Å². The summed E-state index contributed by atoms with van der Waals surface area (Å²) in [5.74, 6) is -0.521. The second kappa shape index (κ2) is 5.51. The zero-order chi connectivity index (χ0) is 13.1. The fourth-order valence-electron chi connectivity index (χ4n) is 1.25. The number of thiophene rings is 1. The lowest BCUT2D eigenvalue weighted by atomic mass is 10.2. The third-order valence-electron chi connectivity index (χ3n) is 1.89. The van der Waals surface area contributed by atoms with E-state index >= 15 is 0 Å². The van der Waals surface area contributed by atoms with Crippen molar-refractivity contribution in [1.82, 2.24) is 0 Å². The van der Waals surface area contributed by atoms with Gasteiger partial charge in [-0.1, -0.05) is 0 Å². The molecule has 0 saturated carbocycles. The van der Waals surface area contributed by atoms with Gasteiger partial charge in [-0.2, -0.15) is 0 Å². The third kappa shape index (κ3) is 4.75. The molecule has 0 aliphatic carbocycles. The maximum absolute atomic E-state index is 10.9. The van der Waals surface area contributed by atoms with Gasteiger partial charge >= 0.3 is 5.97 Å². The number of carboxylic acid groups (broad SMARTS) is 1. The van der Waals surface area contributed by atoms with Crippen molar-refractivity contribution >= 4 is 17.3 Å². The van der Waals surface area contributed by atoms with Crippen LogP contribution >= 0.6 is 11.3 Å². The van der Waals surface area contributed by atoms with E-state index < -0.39 is 5.97 Å². The molecule has 1 aromatic heterocycles. The summed E-state index contributed by atoms with van der Waals surface area (Å²) >= 11 is 1.22. The van der Waals surface area contributed by atoms with Gasteiger partial charge < -0.3 is 14.6 Å². The number of carbonyl (C=O) groups is 1. The van der Waals surface area contributed by atoms with Crippen LogP contribution < -0.4 is 4.74 Å². The molecule has 96 valence electrons. The highest BCUT2D eigenvalue weighted by Crippen LogP contribution is 2.28. The highest BCUT2D eigenvalue weighted by Gasteiger charge is 2.15. The van der Waals surface area contributed by atoms with Crippen molar-refractivity contribution in [3.63, 3.8) is 0 Å². The molecule has 1 rings (SSSR count). The number of aromatic carboxylic acids is 1. The molecule has 1 N–H and O–H groups in total. The average Bonchev–Trinajstić information content (AvgIpc) is 2.53. The SMILES string of the molecule is Cc1cc(OCCOC(C)(C)C)c(C(=O)O)s1. The second-order valence-corrected chi connectivity index (χ2v) is 5.92. The minimum atomic E-state index is -0.949. The fourth-order valence-corrected chi connectivity index (χ4v) is 2.04. The van der Waals surface area contributed by atoms with E-state index in [4.69, 9.17) is 14.6 Å². The van der Waals surface area contributed by atoms with E-state index in [0.29, 0.717) is 19.0 Å². The molecule has 0 fully saturated rings. The first-order valence-electron chi connectivity index (χ1n) is 5.40. The first-order chi connectivity index (χ1) is 7.79. The minimum Gasteiger partial charge on any atom is -0.489 e. The van der Waals surface area contributed by atoms with Gasteiger partial charge in [-0.15, -0.1) is 11.3 Å². The summed E-state index contributed by atoms with van der Waals surface area (Å²) in [7, 11) is 0. The smallest absolute Gasteiger partial charge is 0.349 e. The lowest BCUT2D eigenvalue weighted by Crippen LogP contribution is -2.22. The molecular formula is C12H18O4S. The standard InChI is InChI=1S/C12H18O4S/c1-8-7-9(10(17-8)11(13)14)15-5-6-16-12(2,3)4/h7H,5-6H2,1-4H3,(H,13,14). The second-order valence-electron chi connectivity index (χ2n) is 4.66. The van der Waals surface area contributed by atoms with Crippen molar-refractivity contribution < 1.29 is 19.4 Å². The van der Waals surface area contributed by atoms with Crippen molar-refractivity contribution in [3.05, 3.63) is 15.8 Å². The maximum atomic E-state index is 10.9. The van der Waals surface area contributed by atoms with E-state index in [0.717, 1.165) is 4.88 Å². The Morgan fingerprint density at radius 2 is 2.06 bits per heavy atom. The summed E-state index contributed by atoms with van der Waals surface area (Å²) in [6.07, 6.45) is 0. The quantitative estimate of drug-likeness (QED) is 0.825.